The molecule has 0 aliphatic carbocycles. The molecule has 1 aromatic carbocycles. The maximum Gasteiger partial charge on any atom is 0.247 e. The summed E-state index contributed by atoms with van der Waals surface area (Å²) in [7, 11) is 3.25. The molecule has 40 heavy (non-hydrogen) atoms. The molecule has 2 aliphatic rings. The molecule has 0 unspecified atom stereocenters. The molecule has 2 aromatic rings. The lowest BCUT2D eigenvalue weighted by atomic mass is 9.85. The van der Waals surface area contributed by atoms with Crippen molar-refractivity contribution in [3.8, 4) is 5.75 Å². The van der Waals surface area contributed by atoms with Crippen LogP contribution in [-0.2, 0) is 14.4 Å². The summed E-state index contributed by atoms with van der Waals surface area (Å²) < 4.78 is 5.61. The molecule has 11 heteroatoms. The Morgan fingerprint density at radius 2 is 1.77 bits per heavy atom. The Balaban J connectivity index is 1.59. The van der Waals surface area contributed by atoms with Gasteiger partial charge in [-0.2, -0.15) is 0 Å². The quantitative estimate of drug-likeness (QED) is 0.455. The summed E-state index contributed by atoms with van der Waals surface area (Å²) in [5.74, 6) is 0.528. The first-order valence-corrected chi connectivity index (χ1v) is 14.2. The number of aromatic nitrogens is 2. The molecule has 3 amide bonds. The number of hydrogen-bond donors (Lipinski definition) is 3. The number of rotatable bonds is 8. The Morgan fingerprint density at radius 1 is 1.05 bits per heavy atom. The van der Waals surface area contributed by atoms with Gasteiger partial charge in [-0.25, -0.2) is 9.97 Å². The number of ether oxygens (including phenoxy) is 1. The summed E-state index contributed by atoms with van der Waals surface area (Å²) in [5, 5.41) is 9.68. The average molecular weight is 554 g/mol. The Labute approximate surface area is 236 Å². The molecule has 0 bridgehead atoms. The molecule has 2 aliphatic heterocycles. The van der Waals surface area contributed by atoms with Gasteiger partial charge in [-0.15, -0.1) is 0 Å². The molecule has 2 fully saturated rings. The number of nitrogens with one attached hydrogen (secondary N) is 3. The van der Waals surface area contributed by atoms with Crippen molar-refractivity contribution in [2.45, 2.75) is 77.9 Å². The van der Waals surface area contributed by atoms with Crippen molar-refractivity contribution in [2.24, 2.45) is 5.41 Å². The van der Waals surface area contributed by atoms with Gasteiger partial charge in [-0.1, -0.05) is 20.8 Å². The van der Waals surface area contributed by atoms with Gasteiger partial charge in [0.05, 0.1) is 24.4 Å². The van der Waals surface area contributed by atoms with Crippen molar-refractivity contribution in [3.05, 3.63) is 18.5 Å². The molecule has 0 saturated carbocycles. The summed E-state index contributed by atoms with van der Waals surface area (Å²) in [6.45, 7) is 9.77. The van der Waals surface area contributed by atoms with E-state index in [0.717, 1.165) is 42.7 Å². The molecule has 1 aromatic heterocycles. The summed E-state index contributed by atoms with van der Waals surface area (Å²) in [6.07, 6.45) is 6.23. The Morgan fingerprint density at radius 3 is 2.42 bits per heavy atom. The third-order valence-electron chi connectivity index (χ3n) is 7.91. The second kappa shape index (κ2) is 12.4. The Bertz CT molecular complexity index is 1240. The minimum Gasteiger partial charge on any atom is -0.494 e. The number of likely N-dealkylation sites (tertiary alicyclic amines) is 1. The van der Waals surface area contributed by atoms with E-state index in [1.54, 1.807) is 32.3 Å². The fourth-order valence-corrected chi connectivity index (χ4v) is 5.43. The van der Waals surface area contributed by atoms with Crippen molar-refractivity contribution in [3.63, 3.8) is 0 Å². The highest BCUT2D eigenvalue weighted by molar-refractivity contribution is 6.03. The van der Waals surface area contributed by atoms with Crippen LogP contribution in [0.3, 0.4) is 0 Å². The van der Waals surface area contributed by atoms with E-state index in [-0.39, 0.29) is 17.7 Å². The number of benzene rings is 1. The van der Waals surface area contributed by atoms with Crippen molar-refractivity contribution < 1.29 is 19.1 Å². The van der Waals surface area contributed by atoms with Crippen LogP contribution in [0.1, 0.15) is 59.8 Å². The predicted octanol–water partition coefficient (Wildman–Crippen LogP) is 2.70. The van der Waals surface area contributed by atoms with Gasteiger partial charge in [0.15, 0.2) is 0 Å². The molecule has 3 heterocycles. The number of likely N-dealkylation sites (N-methyl/N-ethyl adjacent to an activating group) is 1. The summed E-state index contributed by atoms with van der Waals surface area (Å²) in [4.78, 5) is 53.0. The number of carbonyl (C=O) groups is 3. The topological polar surface area (TPSA) is 129 Å². The zero-order chi connectivity index (χ0) is 29.0. The number of anilines is 2. The van der Waals surface area contributed by atoms with Gasteiger partial charge in [0.2, 0.25) is 17.7 Å². The lowest BCUT2D eigenvalue weighted by Gasteiger charge is -2.36. The molecule has 2 saturated heterocycles. The van der Waals surface area contributed by atoms with Crippen LogP contribution in [0, 0.1) is 5.41 Å². The van der Waals surface area contributed by atoms with E-state index >= 15 is 0 Å². The second-order valence-corrected chi connectivity index (χ2v) is 11.8. The summed E-state index contributed by atoms with van der Waals surface area (Å²) in [5.41, 5.74) is 0.703. The van der Waals surface area contributed by atoms with E-state index in [1.807, 2.05) is 32.9 Å². The van der Waals surface area contributed by atoms with Gasteiger partial charge in [0.25, 0.3) is 0 Å². The smallest absolute Gasteiger partial charge is 0.247 e. The van der Waals surface area contributed by atoms with E-state index in [9.17, 15) is 14.4 Å². The molecule has 3 N–H and O–H groups in total. The molecular formula is C29H43N7O4. The third-order valence-corrected chi connectivity index (χ3v) is 7.91. The van der Waals surface area contributed by atoms with Crippen LogP contribution in [-0.4, -0.2) is 84.5 Å². The fourth-order valence-electron chi connectivity index (χ4n) is 5.43. The number of carbonyl (C=O) groups excluding carboxylic acids is 3. The van der Waals surface area contributed by atoms with Crippen LogP contribution in [0.15, 0.2) is 18.5 Å². The monoisotopic (exact) mass is 553 g/mol. The molecule has 3 atom stereocenters. The highest BCUT2D eigenvalue weighted by Crippen LogP contribution is 2.35. The van der Waals surface area contributed by atoms with Gasteiger partial charge in [-0.05, 0) is 57.6 Å². The van der Waals surface area contributed by atoms with Crippen LogP contribution in [0.4, 0.5) is 11.5 Å². The van der Waals surface area contributed by atoms with Gasteiger partial charge < -0.3 is 30.5 Å². The lowest BCUT2D eigenvalue weighted by molar-refractivity contribution is -0.143. The standard InChI is InChI=1S/C29H43N7O4/c1-18(30-5)26(37)34-24(29(2,3)4)28(39)36-14-10-11-22(36)27(38)33-21-15-19-20(16-23(21)40-6)31-17-32-25(19)35-12-8-7-9-13-35/h15-18,22,24,30H,7-14H2,1-6H3,(H,33,38)(H,34,37)/t18-,22-,24+/m0/s1. The summed E-state index contributed by atoms with van der Waals surface area (Å²) >= 11 is 0. The van der Waals surface area contributed by atoms with E-state index in [4.69, 9.17) is 4.74 Å². The number of methoxy groups -OCH3 is 1. The maximum absolute atomic E-state index is 13.8. The largest absolute Gasteiger partial charge is 0.494 e. The molecule has 218 valence electrons. The number of fused-ring (bicyclic) bond motifs is 1. The van der Waals surface area contributed by atoms with Crippen molar-refractivity contribution in [2.75, 3.05) is 44.0 Å². The van der Waals surface area contributed by atoms with Gasteiger partial charge in [0, 0.05) is 31.1 Å². The number of piperidine rings is 1. The number of hydrogen-bond acceptors (Lipinski definition) is 8. The predicted molar refractivity (Wildman–Crippen MR) is 155 cm³/mol. The van der Waals surface area contributed by atoms with Crippen molar-refractivity contribution >= 4 is 40.1 Å². The molecular weight excluding hydrogens is 510 g/mol. The van der Waals surface area contributed by atoms with E-state index < -0.39 is 23.5 Å². The third kappa shape index (κ3) is 6.29. The van der Waals surface area contributed by atoms with E-state index in [2.05, 4.69) is 30.8 Å². The summed E-state index contributed by atoms with van der Waals surface area (Å²) in [6, 6.07) is 1.79. The molecule has 4 rings (SSSR count). The maximum atomic E-state index is 13.8. The van der Waals surface area contributed by atoms with Gasteiger partial charge in [0.1, 0.15) is 30.0 Å². The van der Waals surface area contributed by atoms with Crippen molar-refractivity contribution in [1.29, 1.82) is 0 Å². The average Bonchev–Trinajstić information content (AvgIpc) is 3.44. The fraction of sp³-hybridized carbons (Fsp3) is 0.621. The zero-order valence-corrected chi connectivity index (χ0v) is 24.5. The van der Waals surface area contributed by atoms with Crippen LogP contribution >= 0.6 is 0 Å². The minimum absolute atomic E-state index is 0.256. The molecule has 11 nitrogen and oxygen atoms in total. The lowest BCUT2D eigenvalue weighted by Crippen LogP contribution is -2.59. The number of nitrogens with zero attached hydrogens (tertiary/aromatic N) is 4. The SMILES string of the molecule is CN[C@@H](C)C(=O)N[C@H](C(=O)N1CCC[C@H]1C(=O)Nc1cc2c(N3CCCCC3)ncnc2cc1OC)C(C)(C)C. The highest BCUT2D eigenvalue weighted by Gasteiger charge is 2.42. The minimum atomic E-state index is -0.774. The van der Waals surface area contributed by atoms with Gasteiger partial charge >= 0.3 is 0 Å². The molecule has 0 radical (unpaired) electrons. The van der Waals surface area contributed by atoms with E-state index in [1.165, 1.54) is 6.42 Å². The normalized spacial score (nSPS) is 19.3. The zero-order valence-electron chi connectivity index (χ0n) is 24.5. The van der Waals surface area contributed by atoms with Gasteiger partial charge in [-0.3, -0.25) is 14.4 Å². The van der Waals surface area contributed by atoms with Crippen LogP contribution in [0.25, 0.3) is 10.9 Å². The van der Waals surface area contributed by atoms with Crippen LogP contribution in [0.2, 0.25) is 0 Å². The first kappa shape index (κ1) is 29.5. The van der Waals surface area contributed by atoms with Crippen LogP contribution in [0.5, 0.6) is 5.75 Å². The number of amides is 3. The molecule has 0 spiro atoms. The second-order valence-electron chi connectivity index (χ2n) is 11.8. The van der Waals surface area contributed by atoms with Crippen molar-refractivity contribution in [1.82, 2.24) is 25.5 Å². The first-order chi connectivity index (χ1) is 19.0. The highest BCUT2D eigenvalue weighted by atomic mass is 16.5. The first-order valence-electron chi connectivity index (χ1n) is 14.2. The Kier molecular flexibility index (Phi) is 9.12. The van der Waals surface area contributed by atoms with Crippen LogP contribution < -0.4 is 25.6 Å². The van der Waals surface area contributed by atoms with E-state index in [0.29, 0.717) is 30.8 Å². The Hall–Kier alpha value is -3.47.